The fourth-order valence-corrected chi connectivity index (χ4v) is 2.12. The van der Waals surface area contributed by atoms with Crippen LogP contribution in [0.25, 0.3) is 0 Å². The van der Waals surface area contributed by atoms with Crippen LogP contribution in [0.3, 0.4) is 0 Å². The largest absolute Gasteiger partial charge is 0.508 e. The van der Waals surface area contributed by atoms with E-state index in [4.69, 9.17) is 15.0 Å². The predicted molar refractivity (Wildman–Crippen MR) is 75.7 cm³/mol. The minimum Gasteiger partial charge on any atom is -0.508 e. The number of ether oxygens (including phenoxy) is 1. The first-order chi connectivity index (χ1) is 9.86. The number of carbonyl (C=O) groups is 1. The Labute approximate surface area is 121 Å². The number of aromatic hydroxyl groups is 1. The van der Waals surface area contributed by atoms with Gasteiger partial charge in [-0.05, 0) is 48.5 Å². The summed E-state index contributed by atoms with van der Waals surface area (Å²) in [5.41, 5.74) is 0.411. The molecule has 6 nitrogen and oxygen atoms in total. The molecule has 0 unspecified atom stereocenters. The molecule has 0 spiro atoms. The number of phenols is 1. The maximum atomic E-state index is 11.8. The summed E-state index contributed by atoms with van der Waals surface area (Å²) in [5.74, 6) is 0.172. The molecule has 0 saturated carbocycles. The number of benzene rings is 2. The molecule has 2 aromatic carbocycles. The number of nitrogens with two attached hydrogens (primary N) is 1. The zero-order valence-corrected chi connectivity index (χ0v) is 11.7. The van der Waals surface area contributed by atoms with E-state index in [1.54, 1.807) is 0 Å². The average Bonchev–Trinajstić information content (AvgIpc) is 2.45. The summed E-state index contributed by atoms with van der Waals surface area (Å²) < 4.78 is 27.4. The van der Waals surface area contributed by atoms with Crippen LogP contribution in [0, 0.1) is 0 Å². The van der Waals surface area contributed by atoms with Crippen molar-refractivity contribution in [1.29, 1.82) is 0 Å². The predicted octanol–water partition coefficient (Wildman–Crippen LogP) is 1.30. The lowest BCUT2D eigenvalue weighted by Crippen LogP contribution is -2.13. The van der Waals surface area contributed by atoms with Crippen LogP contribution in [0.1, 0.15) is 10.4 Å². The molecule has 3 N–H and O–H groups in total. The van der Waals surface area contributed by atoms with Crippen molar-refractivity contribution in [3.8, 4) is 11.5 Å². The summed E-state index contributed by atoms with van der Waals surface area (Å²) in [5, 5.41) is 14.1. The van der Waals surface area contributed by atoms with E-state index >= 15 is 0 Å². The maximum absolute atomic E-state index is 11.8. The second-order valence-electron chi connectivity index (χ2n) is 4.28. The van der Waals surface area contributed by atoms with Crippen LogP contribution in [0.4, 0.5) is 0 Å². The molecule has 110 valence electrons. The van der Waals surface area contributed by atoms with E-state index in [9.17, 15) is 13.2 Å². The first-order valence-electron chi connectivity index (χ1n) is 5.94. The van der Waals surface area contributed by atoms with Gasteiger partial charge in [0.25, 0.3) is 0 Å². The second kappa shape index (κ2) is 5.94. The van der Waals surface area contributed by atoms with E-state index in [-0.39, 0.29) is 23.0 Å². The molecule has 2 rings (SSSR count). The molecule has 0 aliphatic carbocycles. The van der Waals surface area contributed by atoms with Crippen LogP contribution >= 0.6 is 0 Å². The third-order valence-electron chi connectivity index (χ3n) is 2.71. The standard InChI is InChI=1S/C14H13NO5S/c15-21(18,19)13-7-5-12(6-8-13)20-9-14(17)10-1-3-11(16)4-2-10/h1-8,16H,9H2,(H2,15,18,19). The number of carbonyl (C=O) groups excluding carboxylic acids is 1. The van der Waals surface area contributed by atoms with Crippen LogP contribution in [-0.4, -0.2) is 25.9 Å². The Hall–Kier alpha value is -2.38. The number of phenolic OH excluding ortho intramolecular Hbond substituents is 1. The van der Waals surface area contributed by atoms with Gasteiger partial charge in [-0.2, -0.15) is 0 Å². The van der Waals surface area contributed by atoms with Crippen LogP contribution < -0.4 is 9.88 Å². The van der Waals surface area contributed by atoms with Gasteiger partial charge in [0.05, 0.1) is 4.90 Å². The Bertz CT molecular complexity index is 736. The van der Waals surface area contributed by atoms with E-state index in [1.807, 2.05) is 0 Å². The Morgan fingerprint density at radius 3 is 2.14 bits per heavy atom. The fraction of sp³-hybridized carbons (Fsp3) is 0.0714. The summed E-state index contributed by atoms with van der Waals surface area (Å²) in [6.07, 6.45) is 0. The highest BCUT2D eigenvalue weighted by Crippen LogP contribution is 2.16. The highest BCUT2D eigenvalue weighted by atomic mass is 32.2. The van der Waals surface area contributed by atoms with Gasteiger partial charge >= 0.3 is 0 Å². The highest BCUT2D eigenvalue weighted by Gasteiger charge is 2.09. The van der Waals surface area contributed by atoms with E-state index in [0.717, 1.165) is 0 Å². The average molecular weight is 307 g/mol. The van der Waals surface area contributed by atoms with E-state index in [2.05, 4.69) is 0 Å². The SMILES string of the molecule is NS(=O)(=O)c1ccc(OCC(=O)c2ccc(O)cc2)cc1. The van der Waals surface area contributed by atoms with Crippen molar-refractivity contribution < 1.29 is 23.1 Å². The molecule has 0 atom stereocenters. The molecule has 0 amide bonds. The molecule has 2 aromatic rings. The molecule has 21 heavy (non-hydrogen) atoms. The van der Waals surface area contributed by atoms with E-state index in [1.165, 1.54) is 48.5 Å². The number of Topliss-reactive ketones (excluding diaryl/α,β-unsaturated/α-hetero) is 1. The van der Waals surface area contributed by atoms with Crippen molar-refractivity contribution in [3.05, 3.63) is 54.1 Å². The number of hydrogen-bond donors (Lipinski definition) is 2. The normalized spacial score (nSPS) is 11.1. The van der Waals surface area contributed by atoms with Crippen molar-refractivity contribution in [1.82, 2.24) is 0 Å². The molecule has 0 aliphatic heterocycles. The van der Waals surface area contributed by atoms with Crippen LogP contribution in [-0.2, 0) is 10.0 Å². The molecule has 7 heteroatoms. The summed E-state index contributed by atoms with van der Waals surface area (Å²) >= 11 is 0. The molecule has 0 saturated heterocycles. The molecule has 0 aromatic heterocycles. The van der Waals surface area contributed by atoms with Crippen molar-refractivity contribution in [2.24, 2.45) is 5.14 Å². The molecule has 0 bridgehead atoms. The minimum atomic E-state index is -3.74. The van der Waals surface area contributed by atoms with E-state index < -0.39 is 10.0 Å². The van der Waals surface area contributed by atoms with Gasteiger partial charge in [0.1, 0.15) is 11.5 Å². The lowest BCUT2D eigenvalue weighted by Gasteiger charge is -2.06. The van der Waals surface area contributed by atoms with Crippen molar-refractivity contribution in [3.63, 3.8) is 0 Å². The van der Waals surface area contributed by atoms with Gasteiger partial charge in [0.2, 0.25) is 10.0 Å². The number of sulfonamides is 1. The van der Waals surface area contributed by atoms with Crippen molar-refractivity contribution >= 4 is 15.8 Å². The van der Waals surface area contributed by atoms with Gasteiger partial charge in [-0.3, -0.25) is 4.79 Å². The highest BCUT2D eigenvalue weighted by molar-refractivity contribution is 7.89. The summed E-state index contributed by atoms with van der Waals surface area (Å²) in [6.45, 7) is -0.195. The van der Waals surface area contributed by atoms with Gasteiger partial charge in [-0.1, -0.05) is 0 Å². The Balaban J connectivity index is 2.00. The molecule has 0 heterocycles. The first-order valence-corrected chi connectivity index (χ1v) is 7.49. The summed E-state index contributed by atoms with van der Waals surface area (Å²) in [4.78, 5) is 11.8. The van der Waals surface area contributed by atoms with Crippen LogP contribution in [0.2, 0.25) is 0 Å². The Morgan fingerprint density at radius 2 is 1.62 bits per heavy atom. The monoisotopic (exact) mass is 307 g/mol. The maximum Gasteiger partial charge on any atom is 0.238 e. The topological polar surface area (TPSA) is 107 Å². The molecule has 0 aliphatic rings. The molecule has 0 radical (unpaired) electrons. The third-order valence-corrected chi connectivity index (χ3v) is 3.64. The van der Waals surface area contributed by atoms with Gasteiger partial charge in [0, 0.05) is 5.56 Å². The lowest BCUT2D eigenvalue weighted by atomic mass is 10.1. The molecular weight excluding hydrogens is 294 g/mol. The number of rotatable bonds is 5. The Kier molecular flexibility index (Phi) is 4.25. The van der Waals surface area contributed by atoms with Gasteiger partial charge in [-0.15, -0.1) is 0 Å². The number of hydrogen-bond acceptors (Lipinski definition) is 5. The van der Waals surface area contributed by atoms with E-state index in [0.29, 0.717) is 11.3 Å². The zero-order chi connectivity index (χ0) is 15.5. The van der Waals surface area contributed by atoms with Crippen molar-refractivity contribution in [2.75, 3.05) is 6.61 Å². The fourth-order valence-electron chi connectivity index (χ4n) is 1.61. The van der Waals surface area contributed by atoms with Gasteiger partial charge < -0.3 is 9.84 Å². The van der Waals surface area contributed by atoms with Gasteiger partial charge in [0.15, 0.2) is 12.4 Å². The zero-order valence-electron chi connectivity index (χ0n) is 10.9. The Morgan fingerprint density at radius 1 is 1.05 bits per heavy atom. The van der Waals surface area contributed by atoms with Gasteiger partial charge in [-0.25, -0.2) is 13.6 Å². The van der Waals surface area contributed by atoms with Crippen molar-refractivity contribution in [2.45, 2.75) is 4.90 Å². The smallest absolute Gasteiger partial charge is 0.238 e. The lowest BCUT2D eigenvalue weighted by molar-refractivity contribution is 0.0921. The quantitative estimate of drug-likeness (QED) is 0.810. The van der Waals surface area contributed by atoms with Crippen LogP contribution in [0.5, 0.6) is 11.5 Å². The second-order valence-corrected chi connectivity index (χ2v) is 5.84. The summed E-state index contributed by atoms with van der Waals surface area (Å²) in [7, 11) is -3.74. The number of primary sulfonamides is 1. The molecular formula is C14H13NO5S. The summed E-state index contributed by atoms with van der Waals surface area (Å²) in [6, 6.07) is 11.2. The molecule has 0 fully saturated rings. The minimum absolute atomic E-state index is 0.0280. The van der Waals surface area contributed by atoms with Crippen LogP contribution in [0.15, 0.2) is 53.4 Å². The third kappa shape index (κ3) is 4.04. The first kappa shape index (κ1) is 15.0. The number of ketones is 1.